The molecule has 1 aromatic heterocycles. The number of ether oxygens (including phenoxy) is 1. The molecule has 0 radical (unpaired) electrons. The number of anilines is 1. The first-order valence-corrected chi connectivity index (χ1v) is 6.01. The first-order chi connectivity index (χ1) is 7.78. The molecular formula is C13H20N2O. The second kappa shape index (κ2) is 5.30. The molecule has 1 aliphatic rings. The smallest absolute Gasteiger partial charge is 0.126 e. The lowest BCUT2D eigenvalue weighted by Gasteiger charge is -2.28. The van der Waals surface area contributed by atoms with Gasteiger partial charge in [-0.15, -0.1) is 0 Å². The summed E-state index contributed by atoms with van der Waals surface area (Å²) < 4.78 is 5.37. The number of nitrogens with zero attached hydrogens (tertiary/aromatic N) is 1. The molecular weight excluding hydrogens is 200 g/mol. The number of rotatable bonds is 3. The summed E-state index contributed by atoms with van der Waals surface area (Å²) in [6.07, 6.45) is 5.12. The van der Waals surface area contributed by atoms with E-state index in [9.17, 15) is 0 Å². The third-order valence-corrected chi connectivity index (χ3v) is 3.25. The van der Waals surface area contributed by atoms with Crippen molar-refractivity contribution in [2.75, 3.05) is 12.4 Å². The van der Waals surface area contributed by atoms with Gasteiger partial charge in [0.2, 0.25) is 0 Å². The van der Waals surface area contributed by atoms with Gasteiger partial charge in [-0.25, -0.2) is 4.98 Å². The quantitative estimate of drug-likeness (QED) is 0.850. The average molecular weight is 220 g/mol. The first kappa shape index (κ1) is 11.4. The summed E-state index contributed by atoms with van der Waals surface area (Å²) in [5, 5.41) is 3.50. The lowest BCUT2D eigenvalue weighted by molar-refractivity contribution is 0.0681. The van der Waals surface area contributed by atoms with Gasteiger partial charge in [-0.1, -0.05) is 6.07 Å². The van der Waals surface area contributed by atoms with Crippen molar-refractivity contribution < 1.29 is 4.74 Å². The summed E-state index contributed by atoms with van der Waals surface area (Å²) in [7, 11) is 1.81. The molecule has 1 fully saturated rings. The number of hydrogen-bond donors (Lipinski definition) is 1. The molecule has 1 N–H and O–H groups in total. The van der Waals surface area contributed by atoms with Crippen LogP contribution in [0.2, 0.25) is 0 Å². The van der Waals surface area contributed by atoms with E-state index in [4.69, 9.17) is 4.74 Å². The monoisotopic (exact) mass is 220 g/mol. The minimum Gasteiger partial charge on any atom is -0.381 e. The molecule has 1 aliphatic carbocycles. The molecule has 0 atom stereocenters. The van der Waals surface area contributed by atoms with Crippen LogP contribution in [-0.2, 0) is 4.74 Å². The van der Waals surface area contributed by atoms with E-state index in [1.165, 1.54) is 12.8 Å². The van der Waals surface area contributed by atoms with Crippen LogP contribution >= 0.6 is 0 Å². The summed E-state index contributed by atoms with van der Waals surface area (Å²) in [6, 6.07) is 6.66. The van der Waals surface area contributed by atoms with Gasteiger partial charge in [-0.2, -0.15) is 0 Å². The minimum atomic E-state index is 0.462. The topological polar surface area (TPSA) is 34.1 Å². The molecule has 0 amide bonds. The van der Waals surface area contributed by atoms with E-state index in [-0.39, 0.29) is 0 Å². The summed E-state index contributed by atoms with van der Waals surface area (Å²) in [5.41, 5.74) is 1.07. The second-order valence-corrected chi connectivity index (χ2v) is 4.52. The van der Waals surface area contributed by atoms with E-state index in [1.54, 1.807) is 7.11 Å². The van der Waals surface area contributed by atoms with Crippen molar-refractivity contribution in [2.24, 2.45) is 0 Å². The number of pyridine rings is 1. The van der Waals surface area contributed by atoms with E-state index >= 15 is 0 Å². The van der Waals surface area contributed by atoms with E-state index in [1.807, 2.05) is 25.1 Å². The third-order valence-electron chi connectivity index (χ3n) is 3.25. The van der Waals surface area contributed by atoms with Crippen LogP contribution in [0.1, 0.15) is 31.4 Å². The summed E-state index contributed by atoms with van der Waals surface area (Å²) >= 11 is 0. The highest BCUT2D eigenvalue weighted by atomic mass is 16.5. The Morgan fingerprint density at radius 3 is 2.62 bits per heavy atom. The summed E-state index contributed by atoms with van der Waals surface area (Å²) in [6.45, 7) is 2.02. The van der Waals surface area contributed by atoms with Crippen LogP contribution < -0.4 is 5.32 Å². The Balaban J connectivity index is 1.87. The molecule has 16 heavy (non-hydrogen) atoms. The van der Waals surface area contributed by atoms with Crippen molar-refractivity contribution >= 4 is 5.82 Å². The van der Waals surface area contributed by atoms with Crippen LogP contribution in [0.15, 0.2) is 18.2 Å². The van der Waals surface area contributed by atoms with E-state index in [2.05, 4.69) is 10.3 Å². The van der Waals surface area contributed by atoms with Crippen LogP contribution in [-0.4, -0.2) is 24.2 Å². The van der Waals surface area contributed by atoms with Gasteiger partial charge >= 0.3 is 0 Å². The molecule has 0 saturated heterocycles. The van der Waals surface area contributed by atoms with Crippen molar-refractivity contribution in [3.05, 3.63) is 23.9 Å². The maximum atomic E-state index is 5.37. The summed E-state index contributed by atoms with van der Waals surface area (Å²) in [4.78, 5) is 4.46. The van der Waals surface area contributed by atoms with Crippen molar-refractivity contribution in [1.82, 2.24) is 4.98 Å². The standard InChI is InChI=1S/C13H20N2O/c1-10-4-3-5-13(14-10)15-11-6-8-12(16-2)9-7-11/h3-5,11-12H,6-9H2,1-2H3,(H,14,15). The van der Waals surface area contributed by atoms with Crippen LogP contribution in [0.3, 0.4) is 0 Å². The zero-order valence-electron chi connectivity index (χ0n) is 10.1. The molecule has 0 aromatic carbocycles. The Labute approximate surface area is 97.2 Å². The van der Waals surface area contributed by atoms with Crippen molar-refractivity contribution in [3.63, 3.8) is 0 Å². The lowest BCUT2D eigenvalue weighted by atomic mass is 9.93. The minimum absolute atomic E-state index is 0.462. The van der Waals surface area contributed by atoms with Gasteiger partial charge in [0.15, 0.2) is 0 Å². The number of aryl methyl sites for hydroxylation is 1. The largest absolute Gasteiger partial charge is 0.381 e. The normalized spacial score (nSPS) is 25.4. The highest BCUT2D eigenvalue weighted by Crippen LogP contribution is 2.23. The Kier molecular flexibility index (Phi) is 3.78. The molecule has 0 unspecified atom stereocenters. The molecule has 1 aromatic rings. The maximum Gasteiger partial charge on any atom is 0.126 e. The number of aromatic nitrogens is 1. The predicted octanol–water partition coefficient (Wildman–Crippen LogP) is 2.76. The van der Waals surface area contributed by atoms with Crippen molar-refractivity contribution in [2.45, 2.75) is 44.8 Å². The molecule has 1 heterocycles. The van der Waals surface area contributed by atoms with E-state index in [0.717, 1.165) is 24.4 Å². The Morgan fingerprint density at radius 2 is 2.00 bits per heavy atom. The second-order valence-electron chi connectivity index (χ2n) is 4.52. The Morgan fingerprint density at radius 1 is 1.25 bits per heavy atom. The molecule has 1 saturated carbocycles. The fourth-order valence-electron chi connectivity index (χ4n) is 2.28. The summed E-state index contributed by atoms with van der Waals surface area (Å²) in [5.74, 6) is 1.00. The van der Waals surface area contributed by atoms with Gasteiger partial charge in [0.05, 0.1) is 6.10 Å². The Bertz CT molecular complexity index is 332. The maximum absolute atomic E-state index is 5.37. The molecule has 0 bridgehead atoms. The molecule has 3 heteroatoms. The van der Waals surface area contributed by atoms with Crippen LogP contribution in [0.25, 0.3) is 0 Å². The van der Waals surface area contributed by atoms with E-state index < -0.39 is 0 Å². The zero-order chi connectivity index (χ0) is 11.4. The first-order valence-electron chi connectivity index (χ1n) is 6.01. The third kappa shape index (κ3) is 2.95. The average Bonchev–Trinajstić information content (AvgIpc) is 2.30. The lowest BCUT2D eigenvalue weighted by Crippen LogP contribution is -2.29. The Hall–Kier alpha value is -1.09. The SMILES string of the molecule is COC1CCC(Nc2cccc(C)n2)CC1. The number of methoxy groups -OCH3 is 1. The molecule has 0 spiro atoms. The molecule has 0 aliphatic heterocycles. The number of nitrogens with one attached hydrogen (secondary N) is 1. The van der Waals surface area contributed by atoms with Crippen LogP contribution in [0, 0.1) is 6.92 Å². The predicted molar refractivity (Wildman–Crippen MR) is 65.6 cm³/mol. The molecule has 3 nitrogen and oxygen atoms in total. The van der Waals surface area contributed by atoms with Crippen LogP contribution in [0.5, 0.6) is 0 Å². The van der Waals surface area contributed by atoms with Gasteiger partial charge in [-0.05, 0) is 44.7 Å². The van der Waals surface area contributed by atoms with Gasteiger partial charge in [0, 0.05) is 18.8 Å². The molecule has 2 rings (SSSR count). The molecule has 88 valence electrons. The number of hydrogen-bond acceptors (Lipinski definition) is 3. The fourth-order valence-corrected chi connectivity index (χ4v) is 2.28. The van der Waals surface area contributed by atoms with Gasteiger partial charge in [-0.3, -0.25) is 0 Å². The van der Waals surface area contributed by atoms with Gasteiger partial charge in [0.25, 0.3) is 0 Å². The van der Waals surface area contributed by atoms with Crippen LogP contribution in [0.4, 0.5) is 5.82 Å². The van der Waals surface area contributed by atoms with Crippen molar-refractivity contribution in [1.29, 1.82) is 0 Å². The highest BCUT2D eigenvalue weighted by molar-refractivity contribution is 5.36. The van der Waals surface area contributed by atoms with Crippen molar-refractivity contribution in [3.8, 4) is 0 Å². The highest BCUT2D eigenvalue weighted by Gasteiger charge is 2.20. The fraction of sp³-hybridized carbons (Fsp3) is 0.615. The van der Waals surface area contributed by atoms with Gasteiger partial charge in [0.1, 0.15) is 5.82 Å². The van der Waals surface area contributed by atoms with E-state index in [0.29, 0.717) is 12.1 Å². The van der Waals surface area contributed by atoms with Gasteiger partial charge < -0.3 is 10.1 Å². The zero-order valence-corrected chi connectivity index (χ0v) is 10.1.